The highest BCUT2D eigenvalue weighted by atomic mass is 35.5. The summed E-state index contributed by atoms with van der Waals surface area (Å²) in [6.07, 6.45) is 5.38. The SMILES string of the molecule is Clc1cccc(NCc2cccs2)c1-n1ccnc1. The number of anilines is 1. The van der Waals surface area contributed by atoms with Gasteiger partial charge in [-0.1, -0.05) is 23.7 Å². The van der Waals surface area contributed by atoms with E-state index in [2.05, 4.69) is 27.8 Å². The van der Waals surface area contributed by atoms with Crippen molar-refractivity contribution in [1.29, 1.82) is 0 Å². The number of aromatic nitrogens is 2. The quantitative estimate of drug-likeness (QED) is 0.780. The molecular formula is C14H12ClN3S. The van der Waals surface area contributed by atoms with E-state index < -0.39 is 0 Å². The van der Waals surface area contributed by atoms with Crippen molar-refractivity contribution in [1.82, 2.24) is 9.55 Å². The maximum atomic E-state index is 6.30. The van der Waals surface area contributed by atoms with Gasteiger partial charge >= 0.3 is 0 Å². The molecule has 5 heteroatoms. The van der Waals surface area contributed by atoms with E-state index in [1.165, 1.54) is 4.88 Å². The van der Waals surface area contributed by atoms with Gasteiger partial charge in [0.15, 0.2) is 0 Å². The van der Waals surface area contributed by atoms with Crippen molar-refractivity contribution in [2.24, 2.45) is 0 Å². The molecule has 0 aliphatic rings. The lowest BCUT2D eigenvalue weighted by Gasteiger charge is -2.13. The van der Waals surface area contributed by atoms with Crippen LogP contribution in [0.2, 0.25) is 5.02 Å². The van der Waals surface area contributed by atoms with Crippen LogP contribution in [0.4, 0.5) is 5.69 Å². The number of nitrogens with one attached hydrogen (secondary N) is 1. The lowest BCUT2D eigenvalue weighted by molar-refractivity contribution is 1.05. The van der Waals surface area contributed by atoms with Crippen LogP contribution in [0, 0.1) is 0 Å². The summed E-state index contributed by atoms with van der Waals surface area (Å²) in [5.74, 6) is 0. The number of thiophene rings is 1. The van der Waals surface area contributed by atoms with E-state index in [0.29, 0.717) is 5.02 Å². The molecule has 3 aromatic rings. The van der Waals surface area contributed by atoms with Gasteiger partial charge in [-0.2, -0.15) is 0 Å². The lowest BCUT2D eigenvalue weighted by atomic mass is 10.2. The second-order valence-electron chi connectivity index (χ2n) is 4.04. The number of nitrogens with zero attached hydrogens (tertiary/aromatic N) is 2. The molecular weight excluding hydrogens is 278 g/mol. The molecule has 3 rings (SSSR count). The Morgan fingerprint density at radius 1 is 1.26 bits per heavy atom. The molecule has 0 radical (unpaired) electrons. The van der Waals surface area contributed by atoms with Gasteiger partial charge in [0.25, 0.3) is 0 Å². The number of halogens is 1. The highest BCUT2D eigenvalue weighted by molar-refractivity contribution is 7.09. The number of para-hydroxylation sites is 1. The van der Waals surface area contributed by atoms with E-state index >= 15 is 0 Å². The van der Waals surface area contributed by atoms with Crippen LogP contribution in [0.1, 0.15) is 4.88 Å². The summed E-state index contributed by atoms with van der Waals surface area (Å²) in [6.45, 7) is 0.791. The molecule has 0 aliphatic heterocycles. The summed E-state index contributed by atoms with van der Waals surface area (Å²) in [5, 5.41) is 6.20. The van der Waals surface area contributed by atoms with Crippen LogP contribution in [0.25, 0.3) is 5.69 Å². The van der Waals surface area contributed by atoms with Crippen LogP contribution in [0.3, 0.4) is 0 Å². The van der Waals surface area contributed by atoms with Crippen molar-refractivity contribution < 1.29 is 0 Å². The number of imidazole rings is 1. The third kappa shape index (κ3) is 2.64. The van der Waals surface area contributed by atoms with Crippen molar-refractivity contribution in [2.75, 3.05) is 5.32 Å². The Balaban J connectivity index is 1.91. The van der Waals surface area contributed by atoms with E-state index in [0.717, 1.165) is 17.9 Å². The van der Waals surface area contributed by atoms with Gasteiger partial charge < -0.3 is 9.88 Å². The van der Waals surface area contributed by atoms with Gasteiger partial charge in [-0.05, 0) is 23.6 Å². The van der Waals surface area contributed by atoms with Crippen LogP contribution in [0.5, 0.6) is 0 Å². The minimum atomic E-state index is 0.703. The molecule has 0 spiro atoms. The second-order valence-corrected chi connectivity index (χ2v) is 5.48. The monoisotopic (exact) mass is 289 g/mol. The largest absolute Gasteiger partial charge is 0.378 e. The first-order valence-electron chi connectivity index (χ1n) is 5.88. The second kappa shape index (κ2) is 5.47. The molecule has 0 aliphatic carbocycles. The normalized spacial score (nSPS) is 10.6. The minimum Gasteiger partial charge on any atom is -0.378 e. The molecule has 0 atom stereocenters. The van der Waals surface area contributed by atoms with E-state index in [4.69, 9.17) is 11.6 Å². The molecule has 1 aromatic carbocycles. The molecule has 0 amide bonds. The summed E-state index contributed by atoms with van der Waals surface area (Å²) in [5.41, 5.74) is 1.93. The van der Waals surface area contributed by atoms with Crippen molar-refractivity contribution in [3.63, 3.8) is 0 Å². The van der Waals surface area contributed by atoms with Crippen molar-refractivity contribution in [2.45, 2.75) is 6.54 Å². The minimum absolute atomic E-state index is 0.703. The van der Waals surface area contributed by atoms with E-state index in [-0.39, 0.29) is 0 Å². The van der Waals surface area contributed by atoms with Crippen LogP contribution in [-0.2, 0) is 6.54 Å². The van der Waals surface area contributed by atoms with Gasteiger partial charge in [0.1, 0.15) is 0 Å². The van der Waals surface area contributed by atoms with Gasteiger partial charge in [0.05, 0.1) is 22.7 Å². The smallest absolute Gasteiger partial charge is 0.0992 e. The highest BCUT2D eigenvalue weighted by Crippen LogP contribution is 2.28. The number of rotatable bonds is 4. The Hall–Kier alpha value is -1.78. The molecule has 2 heterocycles. The maximum absolute atomic E-state index is 6.30. The summed E-state index contributed by atoms with van der Waals surface area (Å²) in [4.78, 5) is 5.36. The van der Waals surface area contributed by atoms with Crippen molar-refractivity contribution in [3.8, 4) is 5.69 Å². The van der Waals surface area contributed by atoms with Gasteiger partial charge in [0, 0.05) is 23.8 Å². The highest BCUT2D eigenvalue weighted by Gasteiger charge is 2.08. The zero-order valence-electron chi connectivity index (χ0n) is 10.1. The predicted octanol–water partition coefficient (Wildman–Crippen LogP) is 4.20. The van der Waals surface area contributed by atoms with E-state index in [1.807, 2.05) is 29.0 Å². The van der Waals surface area contributed by atoms with Crippen LogP contribution in [0.15, 0.2) is 54.4 Å². The molecule has 2 aromatic heterocycles. The predicted molar refractivity (Wildman–Crippen MR) is 80.2 cm³/mol. The topological polar surface area (TPSA) is 29.9 Å². The van der Waals surface area contributed by atoms with Crippen LogP contribution in [-0.4, -0.2) is 9.55 Å². The molecule has 96 valence electrons. The van der Waals surface area contributed by atoms with Gasteiger partial charge in [0.2, 0.25) is 0 Å². The van der Waals surface area contributed by atoms with E-state index in [9.17, 15) is 0 Å². The van der Waals surface area contributed by atoms with Crippen LogP contribution < -0.4 is 5.32 Å². The average molecular weight is 290 g/mol. The fraction of sp³-hybridized carbons (Fsp3) is 0.0714. The Morgan fingerprint density at radius 2 is 2.21 bits per heavy atom. The Bertz CT molecular complexity index is 647. The third-order valence-electron chi connectivity index (χ3n) is 2.78. The van der Waals surface area contributed by atoms with Gasteiger partial charge in [-0.25, -0.2) is 4.98 Å². The summed E-state index contributed by atoms with van der Waals surface area (Å²) < 4.78 is 1.92. The fourth-order valence-electron chi connectivity index (χ4n) is 1.91. The molecule has 0 unspecified atom stereocenters. The standard InChI is InChI=1S/C14H12ClN3S/c15-12-4-1-5-13(14(12)18-7-6-16-10-18)17-9-11-3-2-8-19-11/h1-8,10,17H,9H2. The number of benzene rings is 1. The zero-order chi connectivity index (χ0) is 13.1. The van der Waals surface area contributed by atoms with Crippen molar-refractivity contribution in [3.05, 3.63) is 64.3 Å². The maximum Gasteiger partial charge on any atom is 0.0992 e. The molecule has 1 N–H and O–H groups in total. The molecule has 0 fully saturated rings. The van der Waals surface area contributed by atoms with Gasteiger partial charge in [-0.3, -0.25) is 0 Å². The zero-order valence-corrected chi connectivity index (χ0v) is 11.7. The Kier molecular flexibility index (Phi) is 3.53. The first-order valence-corrected chi connectivity index (χ1v) is 7.13. The first kappa shape index (κ1) is 12.3. The van der Waals surface area contributed by atoms with Crippen LogP contribution >= 0.6 is 22.9 Å². The molecule has 0 saturated heterocycles. The molecule has 19 heavy (non-hydrogen) atoms. The fourth-order valence-corrected chi connectivity index (χ4v) is 2.82. The first-order chi connectivity index (χ1) is 9.34. The molecule has 0 bridgehead atoms. The van der Waals surface area contributed by atoms with Gasteiger partial charge in [-0.15, -0.1) is 11.3 Å². The summed E-state index contributed by atoms with van der Waals surface area (Å²) in [7, 11) is 0. The number of hydrogen-bond donors (Lipinski definition) is 1. The molecule has 3 nitrogen and oxygen atoms in total. The molecule has 0 saturated carbocycles. The average Bonchev–Trinajstić information content (AvgIpc) is 3.09. The lowest BCUT2D eigenvalue weighted by Crippen LogP contribution is -2.03. The third-order valence-corrected chi connectivity index (χ3v) is 3.96. The Labute approximate surface area is 120 Å². The van der Waals surface area contributed by atoms with Crippen molar-refractivity contribution >= 4 is 28.6 Å². The number of hydrogen-bond acceptors (Lipinski definition) is 3. The summed E-state index contributed by atoms with van der Waals surface area (Å²) >= 11 is 8.03. The summed E-state index contributed by atoms with van der Waals surface area (Å²) in [6, 6.07) is 10.0. The van der Waals surface area contributed by atoms with E-state index in [1.54, 1.807) is 23.9 Å². The Morgan fingerprint density at radius 3 is 2.95 bits per heavy atom.